The standard InChI is InChI=1S/C24H60O8Si8/c1-21(2,3)37(25-33(13)14)29-38(22(4,5)6,26-34(15)16)31-40(24(10,11)12,28-36(19)20)32-39(30-37,23(7,8)9)27-35(17)18/h1-20H3. The van der Waals surface area contributed by atoms with E-state index in [2.05, 4.69) is 135 Å². The Morgan fingerprint density at radius 2 is 0.450 bits per heavy atom. The zero-order valence-corrected chi connectivity index (χ0v) is 37.3. The first-order valence-electron chi connectivity index (χ1n) is 14.3. The van der Waals surface area contributed by atoms with Crippen LogP contribution in [0.1, 0.15) is 83.1 Å². The van der Waals surface area contributed by atoms with Crippen molar-refractivity contribution in [2.75, 3.05) is 0 Å². The average Bonchev–Trinajstić information content (AvgIpc) is 2.60. The maximum Gasteiger partial charge on any atom is 0.481 e. The summed E-state index contributed by atoms with van der Waals surface area (Å²) in [5.41, 5.74) is 0. The summed E-state index contributed by atoms with van der Waals surface area (Å²) < 4.78 is 58.4. The Kier molecular flexibility index (Phi) is 12.8. The third kappa shape index (κ3) is 8.78. The fourth-order valence-corrected chi connectivity index (χ4v) is 39.3. The summed E-state index contributed by atoms with van der Waals surface area (Å²) in [6.07, 6.45) is 0. The largest absolute Gasteiger partial charge is 0.481 e. The van der Waals surface area contributed by atoms with Gasteiger partial charge in [0.05, 0.1) is 0 Å². The van der Waals surface area contributed by atoms with Crippen molar-refractivity contribution in [3.63, 3.8) is 0 Å². The first-order chi connectivity index (χ1) is 17.5. The van der Waals surface area contributed by atoms with E-state index in [1.165, 1.54) is 0 Å². The zero-order valence-electron chi connectivity index (χ0n) is 29.3. The molecular weight excluding hydrogens is 641 g/mol. The third-order valence-corrected chi connectivity index (χ3v) is 32.9. The molecule has 236 valence electrons. The third-order valence-electron chi connectivity index (χ3n) is 6.10. The predicted octanol–water partition coefficient (Wildman–Crippen LogP) is 8.09. The molecule has 0 amide bonds. The maximum absolute atomic E-state index is 7.57. The van der Waals surface area contributed by atoms with E-state index in [-0.39, 0.29) is 0 Å². The normalized spacial score (nSPS) is 31.8. The first kappa shape index (κ1) is 39.4. The average molecular weight is 701 g/mol. The Balaban J connectivity index is 4.47. The van der Waals surface area contributed by atoms with Crippen LogP contribution in [0.15, 0.2) is 0 Å². The van der Waals surface area contributed by atoms with Crippen molar-refractivity contribution in [2.24, 2.45) is 0 Å². The van der Waals surface area contributed by atoms with Crippen molar-refractivity contribution < 1.29 is 32.9 Å². The highest BCUT2D eigenvalue weighted by Crippen LogP contribution is 2.57. The molecule has 0 saturated carbocycles. The van der Waals surface area contributed by atoms with Gasteiger partial charge in [-0.3, -0.25) is 0 Å². The molecule has 0 bridgehead atoms. The van der Waals surface area contributed by atoms with Crippen LogP contribution in [-0.4, -0.2) is 71.4 Å². The van der Waals surface area contributed by atoms with Gasteiger partial charge in [-0.2, -0.15) is 0 Å². The lowest BCUT2D eigenvalue weighted by molar-refractivity contribution is 0.0435. The van der Waals surface area contributed by atoms with Gasteiger partial charge in [0.1, 0.15) is 0 Å². The van der Waals surface area contributed by atoms with Gasteiger partial charge in [0.25, 0.3) is 0 Å². The zero-order chi connectivity index (χ0) is 32.0. The van der Waals surface area contributed by atoms with E-state index in [9.17, 15) is 0 Å². The lowest BCUT2D eigenvalue weighted by Crippen LogP contribution is -2.80. The molecule has 0 aliphatic carbocycles. The monoisotopic (exact) mass is 700 g/mol. The van der Waals surface area contributed by atoms with E-state index in [4.69, 9.17) is 32.9 Å². The van der Waals surface area contributed by atoms with E-state index < -0.39 is 91.5 Å². The maximum atomic E-state index is 7.57. The molecule has 1 aliphatic heterocycles. The van der Waals surface area contributed by atoms with Gasteiger partial charge in [0.15, 0.2) is 36.2 Å². The summed E-state index contributed by atoms with van der Waals surface area (Å²) in [7, 11) is -19.7. The minimum atomic E-state index is -3.64. The second-order valence-electron chi connectivity index (χ2n) is 15.7. The second kappa shape index (κ2) is 13.0. The Morgan fingerprint density at radius 3 is 0.525 bits per heavy atom. The summed E-state index contributed by atoms with van der Waals surface area (Å²) in [4.78, 5) is 0. The summed E-state index contributed by atoms with van der Waals surface area (Å²) in [6.45, 7) is 42.8. The molecule has 16 heteroatoms. The van der Waals surface area contributed by atoms with Crippen LogP contribution in [0.2, 0.25) is 72.5 Å². The van der Waals surface area contributed by atoms with Gasteiger partial charge in [0.2, 0.25) is 0 Å². The van der Waals surface area contributed by atoms with Crippen LogP contribution in [0.5, 0.6) is 0 Å². The highest BCUT2D eigenvalue weighted by Gasteiger charge is 2.77. The highest BCUT2D eigenvalue weighted by molar-refractivity contribution is 6.96. The van der Waals surface area contributed by atoms with Crippen LogP contribution < -0.4 is 0 Å². The number of rotatable bonds is 8. The van der Waals surface area contributed by atoms with E-state index in [0.29, 0.717) is 0 Å². The van der Waals surface area contributed by atoms with Crippen LogP contribution in [0, 0.1) is 0 Å². The van der Waals surface area contributed by atoms with Crippen molar-refractivity contribution in [2.45, 2.75) is 156 Å². The SMILES string of the molecule is C[Si](C)O[Si]1(C(C)(C)C)O[Si](O[Si](C)C)(C(C)(C)C)O[Si](O[Si](C)C)(C(C)(C)C)O[Si](O[Si](C)C)(C(C)(C)C)O1. The molecular formula is C24H60O8Si8. The van der Waals surface area contributed by atoms with Crippen LogP contribution in [0.4, 0.5) is 0 Å². The van der Waals surface area contributed by atoms with Crippen molar-refractivity contribution in [1.29, 1.82) is 0 Å². The summed E-state index contributed by atoms with van der Waals surface area (Å²) in [6, 6.07) is 0. The molecule has 8 nitrogen and oxygen atoms in total. The van der Waals surface area contributed by atoms with E-state index >= 15 is 0 Å². The van der Waals surface area contributed by atoms with Gasteiger partial charge < -0.3 is 32.9 Å². The molecule has 1 aliphatic rings. The van der Waals surface area contributed by atoms with E-state index in [0.717, 1.165) is 0 Å². The van der Waals surface area contributed by atoms with Gasteiger partial charge in [0, 0.05) is 20.2 Å². The van der Waals surface area contributed by atoms with Gasteiger partial charge in [-0.1, -0.05) is 83.1 Å². The van der Waals surface area contributed by atoms with Crippen molar-refractivity contribution in [1.82, 2.24) is 0 Å². The second-order valence-corrected chi connectivity index (χ2v) is 39.9. The molecule has 1 saturated heterocycles. The van der Waals surface area contributed by atoms with Gasteiger partial charge in [-0.05, 0) is 52.4 Å². The number of hydrogen-bond donors (Lipinski definition) is 0. The van der Waals surface area contributed by atoms with Crippen LogP contribution in [0.25, 0.3) is 0 Å². The molecule has 40 heavy (non-hydrogen) atoms. The molecule has 0 unspecified atom stereocenters. The Labute approximate surface area is 258 Å². The molecule has 0 spiro atoms. The highest BCUT2D eigenvalue weighted by atomic mass is 28.6. The van der Waals surface area contributed by atoms with Crippen molar-refractivity contribution in [3.8, 4) is 0 Å². The Bertz CT molecular complexity index is 685. The molecule has 0 aromatic rings. The molecule has 1 heterocycles. The Hall–Kier alpha value is 1.42. The van der Waals surface area contributed by atoms with Crippen LogP contribution in [-0.2, 0) is 32.9 Å². The fraction of sp³-hybridized carbons (Fsp3) is 1.00. The van der Waals surface area contributed by atoms with Crippen molar-refractivity contribution in [3.05, 3.63) is 0 Å². The fourth-order valence-electron chi connectivity index (χ4n) is 3.87. The smallest absolute Gasteiger partial charge is 0.416 e. The molecule has 0 aromatic heterocycles. The molecule has 0 aromatic carbocycles. The minimum absolute atomic E-state index is 0.501. The minimum Gasteiger partial charge on any atom is -0.416 e. The van der Waals surface area contributed by atoms with Gasteiger partial charge in [-0.25, -0.2) is 0 Å². The summed E-state index contributed by atoms with van der Waals surface area (Å²) in [5, 5.41) is -2.00. The van der Waals surface area contributed by atoms with Crippen molar-refractivity contribution >= 4 is 71.4 Å². The predicted molar refractivity (Wildman–Crippen MR) is 180 cm³/mol. The molecule has 4 radical (unpaired) electrons. The van der Waals surface area contributed by atoms with Crippen LogP contribution >= 0.6 is 0 Å². The number of hydrogen-bond acceptors (Lipinski definition) is 8. The van der Waals surface area contributed by atoms with E-state index in [1.54, 1.807) is 0 Å². The summed E-state index contributed by atoms with van der Waals surface area (Å²) >= 11 is 0. The quantitative estimate of drug-likeness (QED) is 0.235. The van der Waals surface area contributed by atoms with Gasteiger partial charge >= 0.3 is 35.2 Å². The lowest BCUT2D eigenvalue weighted by atomic mass is 10.3. The summed E-state index contributed by atoms with van der Waals surface area (Å²) in [5.74, 6) is 0. The van der Waals surface area contributed by atoms with Crippen LogP contribution in [0.3, 0.4) is 0 Å². The molecule has 1 rings (SSSR count). The molecule has 0 atom stereocenters. The molecule has 1 fully saturated rings. The topological polar surface area (TPSA) is 73.8 Å². The molecule has 0 N–H and O–H groups in total. The van der Waals surface area contributed by atoms with Gasteiger partial charge in [-0.15, -0.1) is 0 Å². The first-order valence-corrected chi connectivity index (χ1v) is 30.8. The Morgan fingerprint density at radius 1 is 0.325 bits per heavy atom. The van der Waals surface area contributed by atoms with E-state index in [1.807, 2.05) is 0 Å². The lowest BCUT2D eigenvalue weighted by Gasteiger charge is -2.60.